The van der Waals surface area contributed by atoms with E-state index in [9.17, 15) is 22.4 Å². The van der Waals surface area contributed by atoms with Gasteiger partial charge in [0.05, 0.1) is 11.8 Å². The molecular formula is C26H29F2N3O5S. The molecule has 2 aromatic carbocycles. The molecule has 198 valence electrons. The number of rotatable bonds is 10. The van der Waals surface area contributed by atoms with E-state index in [0.717, 1.165) is 38.1 Å². The van der Waals surface area contributed by atoms with Gasteiger partial charge in [-0.05, 0) is 63.2 Å². The van der Waals surface area contributed by atoms with Gasteiger partial charge in [0.15, 0.2) is 17.3 Å². The van der Waals surface area contributed by atoms with Crippen LogP contribution in [0.2, 0.25) is 0 Å². The molecule has 2 heterocycles. The van der Waals surface area contributed by atoms with E-state index in [-0.39, 0.29) is 28.8 Å². The smallest absolute Gasteiger partial charge is 0.380 e. The standard InChI is InChI=1S/C26H29F2N3O5S/c1-3-37(33,34)29-21-7-9-24(36-25-8-6-20(27)16-23(25)28)22(17-21)19-14-18(2)31(32)26(15-19)35-13-12-30-10-4-5-11-30/h6-9,14-17,29H,3-5,10-13H2,1-2H3. The molecule has 0 aliphatic carbocycles. The molecule has 11 heteroatoms. The molecule has 0 amide bonds. The van der Waals surface area contributed by atoms with Crippen molar-refractivity contribution in [2.45, 2.75) is 26.7 Å². The van der Waals surface area contributed by atoms with Crippen LogP contribution in [0.4, 0.5) is 14.5 Å². The normalized spacial score (nSPS) is 14.1. The predicted octanol–water partition coefficient (Wildman–Crippen LogP) is 4.60. The number of hydrogen-bond donors (Lipinski definition) is 1. The average Bonchev–Trinajstić information content (AvgIpc) is 3.37. The van der Waals surface area contributed by atoms with Crippen molar-refractivity contribution in [3.8, 4) is 28.5 Å². The summed E-state index contributed by atoms with van der Waals surface area (Å²) in [5.74, 6) is -1.73. The van der Waals surface area contributed by atoms with Crippen LogP contribution in [0.25, 0.3) is 11.1 Å². The quantitative estimate of drug-likeness (QED) is 0.302. The van der Waals surface area contributed by atoms with Gasteiger partial charge in [0.2, 0.25) is 10.0 Å². The second-order valence-electron chi connectivity index (χ2n) is 8.81. The van der Waals surface area contributed by atoms with Gasteiger partial charge in [0.25, 0.3) is 0 Å². The van der Waals surface area contributed by atoms with E-state index in [2.05, 4.69) is 9.62 Å². The summed E-state index contributed by atoms with van der Waals surface area (Å²) in [5, 5.41) is 12.7. The van der Waals surface area contributed by atoms with Gasteiger partial charge in [-0.1, -0.05) is 0 Å². The molecule has 8 nitrogen and oxygen atoms in total. The molecule has 1 aromatic heterocycles. The maximum absolute atomic E-state index is 14.3. The maximum atomic E-state index is 14.3. The fourth-order valence-corrected chi connectivity index (χ4v) is 4.70. The zero-order valence-corrected chi connectivity index (χ0v) is 21.5. The van der Waals surface area contributed by atoms with Crippen LogP contribution in [0, 0.1) is 23.8 Å². The average molecular weight is 534 g/mol. The highest BCUT2D eigenvalue weighted by Gasteiger charge is 2.20. The Labute approximate surface area is 215 Å². The van der Waals surface area contributed by atoms with E-state index in [0.29, 0.717) is 40.8 Å². The number of aryl methyl sites for hydroxylation is 1. The fraction of sp³-hybridized carbons (Fsp3) is 0.346. The van der Waals surface area contributed by atoms with Crippen LogP contribution in [0.1, 0.15) is 25.5 Å². The number of nitrogens with zero attached hydrogens (tertiary/aromatic N) is 2. The van der Waals surface area contributed by atoms with Crippen molar-refractivity contribution in [1.82, 2.24) is 4.90 Å². The molecule has 0 unspecified atom stereocenters. The minimum absolute atomic E-state index is 0.0765. The molecule has 37 heavy (non-hydrogen) atoms. The molecule has 1 N–H and O–H groups in total. The lowest BCUT2D eigenvalue weighted by atomic mass is 10.0. The van der Waals surface area contributed by atoms with Crippen LogP contribution in [-0.2, 0) is 10.0 Å². The molecule has 4 rings (SSSR count). The first-order valence-electron chi connectivity index (χ1n) is 12.0. The molecule has 1 aliphatic heterocycles. The van der Waals surface area contributed by atoms with Crippen molar-refractivity contribution in [2.75, 3.05) is 36.7 Å². The minimum atomic E-state index is -3.57. The van der Waals surface area contributed by atoms with Crippen molar-refractivity contribution in [2.24, 2.45) is 0 Å². The van der Waals surface area contributed by atoms with Gasteiger partial charge in [-0.3, -0.25) is 9.62 Å². The Bertz CT molecular complexity index is 1380. The van der Waals surface area contributed by atoms with Crippen LogP contribution in [0.5, 0.6) is 17.4 Å². The lowest BCUT2D eigenvalue weighted by Crippen LogP contribution is -2.34. The molecule has 1 aliphatic rings. The van der Waals surface area contributed by atoms with Gasteiger partial charge < -0.3 is 14.7 Å². The van der Waals surface area contributed by atoms with Gasteiger partial charge in [-0.2, -0.15) is 0 Å². The Morgan fingerprint density at radius 3 is 2.49 bits per heavy atom. The summed E-state index contributed by atoms with van der Waals surface area (Å²) in [5.41, 5.74) is 1.48. The number of benzene rings is 2. The molecule has 3 aromatic rings. The van der Waals surface area contributed by atoms with E-state index >= 15 is 0 Å². The minimum Gasteiger partial charge on any atom is -0.616 e. The highest BCUT2D eigenvalue weighted by molar-refractivity contribution is 7.92. The van der Waals surface area contributed by atoms with Crippen molar-refractivity contribution in [1.29, 1.82) is 0 Å². The molecule has 0 atom stereocenters. The van der Waals surface area contributed by atoms with Crippen LogP contribution in [0.3, 0.4) is 0 Å². The summed E-state index contributed by atoms with van der Waals surface area (Å²) in [7, 11) is -3.57. The number of nitrogens with one attached hydrogen (secondary N) is 1. The Hall–Kier alpha value is -3.44. The maximum Gasteiger partial charge on any atom is 0.380 e. The largest absolute Gasteiger partial charge is 0.616 e. The highest BCUT2D eigenvalue weighted by atomic mass is 32.2. The number of halogens is 2. The number of anilines is 1. The third-order valence-electron chi connectivity index (χ3n) is 6.08. The molecule has 0 bridgehead atoms. The number of ether oxygens (including phenoxy) is 2. The summed E-state index contributed by atoms with van der Waals surface area (Å²) in [6, 6.07) is 10.6. The number of hydrogen-bond acceptors (Lipinski definition) is 6. The molecule has 0 saturated carbocycles. The van der Waals surface area contributed by atoms with E-state index in [4.69, 9.17) is 9.47 Å². The summed E-state index contributed by atoms with van der Waals surface area (Å²) in [6.07, 6.45) is 2.29. The molecular weight excluding hydrogens is 504 g/mol. The number of pyridine rings is 1. The third-order valence-corrected chi connectivity index (χ3v) is 7.38. The van der Waals surface area contributed by atoms with Crippen LogP contribution < -0.4 is 18.9 Å². The van der Waals surface area contributed by atoms with Crippen molar-refractivity contribution in [3.05, 3.63) is 71.1 Å². The van der Waals surface area contributed by atoms with Crippen LogP contribution in [-0.4, -0.2) is 45.3 Å². The number of likely N-dealkylation sites (tertiary alicyclic amines) is 1. The first-order valence-corrected chi connectivity index (χ1v) is 13.7. The highest BCUT2D eigenvalue weighted by Crippen LogP contribution is 2.37. The van der Waals surface area contributed by atoms with Gasteiger partial charge >= 0.3 is 5.88 Å². The summed E-state index contributed by atoms with van der Waals surface area (Å²) in [6.45, 7) is 6.15. The van der Waals surface area contributed by atoms with E-state index < -0.39 is 21.7 Å². The SMILES string of the molecule is CCS(=O)(=O)Nc1ccc(Oc2ccc(F)cc2F)c(-c2cc(C)[n+]([O-])c(OCCN3CCCC3)c2)c1. The van der Waals surface area contributed by atoms with Gasteiger partial charge in [0, 0.05) is 42.4 Å². The Morgan fingerprint density at radius 1 is 1.05 bits per heavy atom. The van der Waals surface area contributed by atoms with Crippen molar-refractivity contribution in [3.63, 3.8) is 0 Å². The molecule has 1 saturated heterocycles. The second kappa shape index (κ2) is 11.3. The number of sulfonamides is 1. The van der Waals surface area contributed by atoms with Crippen LogP contribution >= 0.6 is 0 Å². The zero-order valence-electron chi connectivity index (χ0n) is 20.7. The van der Waals surface area contributed by atoms with E-state index in [1.54, 1.807) is 13.0 Å². The fourth-order valence-electron chi connectivity index (χ4n) is 4.07. The summed E-state index contributed by atoms with van der Waals surface area (Å²) < 4.78 is 66.8. The molecule has 0 radical (unpaired) electrons. The second-order valence-corrected chi connectivity index (χ2v) is 10.8. The van der Waals surface area contributed by atoms with Crippen molar-refractivity contribution < 1.29 is 31.4 Å². The lowest BCUT2D eigenvalue weighted by Gasteiger charge is -2.17. The van der Waals surface area contributed by atoms with E-state index in [1.807, 2.05) is 0 Å². The first-order chi connectivity index (χ1) is 17.6. The topological polar surface area (TPSA) is 94.8 Å². The molecule has 0 spiro atoms. The summed E-state index contributed by atoms with van der Waals surface area (Å²) in [4.78, 5) is 2.26. The predicted molar refractivity (Wildman–Crippen MR) is 136 cm³/mol. The van der Waals surface area contributed by atoms with Crippen LogP contribution in [0.15, 0.2) is 48.5 Å². The van der Waals surface area contributed by atoms with Gasteiger partial charge in [0.1, 0.15) is 18.2 Å². The number of aromatic nitrogens is 1. The monoisotopic (exact) mass is 533 g/mol. The van der Waals surface area contributed by atoms with Gasteiger partial charge in [-0.25, -0.2) is 17.2 Å². The Kier molecular flexibility index (Phi) is 8.13. The van der Waals surface area contributed by atoms with E-state index in [1.165, 1.54) is 31.2 Å². The summed E-state index contributed by atoms with van der Waals surface area (Å²) >= 11 is 0. The molecule has 1 fully saturated rings. The Morgan fingerprint density at radius 2 is 1.78 bits per heavy atom. The van der Waals surface area contributed by atoms with Crippen molar-refractivity contribution >= 4 is 15.7 Å². The first kappa shape index (κ1) is 26.6. The van der Waals surface area contributed by atoms with Gasteiger partial charge in [-0.15, -0.1) is 4.73 Å². The zero-order chi connectivity index (χ0) is 26.6. The lowest BCUT2D eigenvalue weighted by molar-refractivity contribution is -0.619. The Balaban J connectivity index is 1.71. The third kappa shape index (κ3) is 6.66.